The number of nitrogens with one attached hydrogen (secondary N) is 1. The molecular weight excluding hydrogens is 218 g/mol. The maximum absolute atomic E-state index is 11.5. The Morgan fingerprint density at radius 2 is 2.24 bits per heavy atom. The summed E-state index contributed by atoms with van der Waals surface area (Å²) >= 11 is 0. The van der Waals surface area contributed by atoms with E-state index >= 15 is 0 Å². The molecule has 0 atom stereocenters. The summed E-state index contributed by atoms with van der Waals surface area (Å²) < 4.78 is 0. The third-order valence-corrected chi connectivity index (χ3v) is 2.32. The van der Waals surface area contributed by atoms with Crippen molar-refractivity contribution in [2.24, 2.45) is 0 Å². The molecule has 0 aromatic carbocycles. The molecule has 0 aliphatic heterocycles. The Bertz CT molecular complexity index is 376. The first-order valence-electron chi connectivity index (χ1n) is 5.64. The fourth-order valence-corrected chi connectivity index (χ4v) is 1.44. The summed E-state index contributed by atoms with van der Waals surface area (Å²) in [7, 11) is 0. The molecule has 1 amide bonds. The van der Waals surface area contributed by atoms with Gasteiger partial charge in [0, 0.05) is 24.8 Å². The van der Waals surface area contributed by atoms with Crippen LogP contribution < -0.4 is 10.2 Å². The molecule has 0 fully saturated rings. The Kier molecular flexibility index (Phi) is 5.13. The van der Waals surface area contributed by atoms with E-state index in [9.17, 15) is 9.59 Å². The third-order valence-electron chi connectivity index (χ3n) is 2.32. The molecule has 17 heavy (non-hydrogen) atoms. The van der Waals surface area contributed by atoms with Crippen molar-refractivity contribution in [3.63, 3.8) is 0 Å². The Balaban J connectivity index is 2.71. The zero-order valence-corrected chi connectivity index (χ0v) is 10.1. The van der Waals surface area contributed by atoms with E-state index in [1.807, 2.05) is 18.7 Å². The number of carbonyl (C=O) groups excluding carboxylic acids is 2. The van der Waals surface area contributed by atoms with Crippen molar-refractivity contribution >= 4 is 18.0 Å². The van der Waals surface area contributed by atoms with Crippen LogP contribution in [0.15, 0.2) is 18.3 Å². The van der Waals surface area contributed by atoms with Gasteiger partial charge in [-0.25, -0.2) is 4.98 Å². The number of anilines is 1. The molecule has 0 radical (unpaired) electrons. The zero-order chi connectivity index (χ0) is 12.7. The standard InChI is InChI=1S/C12H17N3O2/c1-3-13-12(17)8-15(4-2)11-6-5-10(9-16)7-14-11/h5-7,9H,3-4,8H2,1-2H3,(H,13,17). The van der Waals surface area contributed by atoms with Crippen LogP contribution in [0.1, 0.15) is 24.2 Å². The van der Waals surface area contributed by atoms with Crippen LogP contribution in [0.4, 0.5) is 5.82 Å². The predicted octanol–water partition coefficient (Wildman–Crippen LogP) is 0.856. The van der Waals surface area contributed by atoms with E-state index in [4.69, 9.17) is 0 Å². The van der Waals surface area contributed by atoms with Gasteiger partial charge >= 0.3 is 0 Å². The van der Waals surface area contributed by atoms with E-state index in [0.717, 1.165) is 6.29 Å². The lowest BCUT2D eigenvalue weighted by Gasteiger charge is -2.21. The van der Waals surface area contributed by atoms with Gasteiger partial charge in [0.2, 0.25) is 5.91 Å². The molecule has 0 spiro atoms. The molecule has 0 unspecified atom stereocenters. The number of pyridine rings is 1. The Labute approximate surface area is 101 Å². The summed E-state index contributed by atoms with van der Waals surface area (Å²) in [5, 5.41) is 2.74. The van der Waals surface area contributed by atoms with E-state index in [1.165, 1.54) is 6.20 Å². The molecule has 1 heterocycles. The maximum atomic E-state index is 11.5. The molecule has 92 valence electrons. The average Bonchev–Trinajstić information content (AvgIpc) is 2.36. The number of rotatable bonds is 6. The molecule has 0 bridgehead atoms. The van der Waals surface area contributed by atoms with Gasteiger partial charge in [-0.3, -0.25) is 9.59 Å². The largest absolute Gasteiger partial charge is 0.355 e. The highest BCUT2D eigenvalue weighted by molar-refractivity contribution is 5.81. The zero-order valence-electron chi connectivity index (χ0n) is 10.1. The van der Waals surface area contributed by atoms with Crippen LogP contribution in [0.3, 0.4) is 0 Å². The van der Waals surface area contributed by atoms with Gasteiger partial charge in [-0.1, -0.05) is 0 Å². The summed E-state index contributed by atoms with van der Waals surface area (Å²) in [4.78, 5) is 28.0. The minimum absolute atomic E-state index is 0.0318. The van der Waals surface area contributed by atoms with Crippen LogP contribution >= 0.6 is 0 Å². The summed E-state index contributed by atoms with van der Waals surface area (Å²) in [5.41, 5.74) is 0.530. The van der Waals surface area contributed by atoms with Crippen LogP contribution in [0.2, 0.25) is 0 Å². The van der Waals surface area contributed by atoms with Gasteiger partial charge in [-0.15, -0.1) is 0 Å². The monoisotopic (exact) mass is 235 g/mol. The van der Waals surface area contributed by atoms with Crippen molar-refractivity contribution in [1.29, 1.82) is 0 Å². The lowest BCUT2D eigenvalue weighted by molar-refractivity contribution is -0.119. The van der Waals surface area contributed by atoms with Gasteiger partial charge < -0.3 is 10.2 Å². The lowest BCUT2D eigenvalue weighted by Crippen LogP contribution is -2.37. The molecule has 1 aromatic rings. The number of carbonyl (C=O) groups is 2. The molecule has 5 heteroatoms. The second kappa shape index (κ2) is 6.62. The SMILES string of the molecule is CCNC(=O)CN(CC)c1ccc(C=O)cn1. The first-order chi connectivity index (χ1) is 8.21. The Morgan fingerprint density at radius 1 is 1.47 bits per heavy atom. The maximum Gasteiger partial charge on any atom is 0.239 e. The summed E-state index contributed by atoms with van der Waals surface area (Å²) in [6.45, 7) is 5.41. The quantitative estimate of drug-likeness (QED) is 0.743. The van der Waals surface area contributed by atoms with Crippen molar-refractivity contribution in [2.45, 2.75) is 13.8 Å². The molecule has 1 rings (SSSR count). The number of aromatic nitrogens is 1. The minimum Gasteiger partial charge on any atom is -0.355 e. The van der Waals surface area contributed by atoms with Gasteiger partial charge in [0.25, 0.3) is 0 Å². The number of likely N-dealkylation sites (N-methyl/N-ethyl adjacent to an activating group) is 2. The Hall–Kier alpha value is -1.91. The van der Waals surface area contributed by atoms with Crippen LogP contribution in [-0.4, -0.2) is 36.8 Å². The second-order valence-electron chi connectivity index (χ2n) is 3.54. The van der Waals surface area contributed by atoms with E-state index in [0.29, 0.717) is 24.5 Å². The fourth-order valence-electron chi connectivity index (χ4n) is 1.44. The summed E-state index contributed by atoms with van der Waals surface area (Å²) in [5.74, 6) is 0.667. The second-order valence-corrected chi connectivity index (χ2v) is 3.54. The van der Waals surface area contributed by atoms with E-state index < -0.39 is 0 Å². The molecule has 1 aromatic heterocycles. The number of hydrogen-bond acceptors (Lipinski definition) is 4. The minimum atomic E-state index is -0.0318. The molecule has 1 N–H and O–H groups in total. The van der Waals surface area contributed by atoms with Crippen LogP contribution in [0.25, 0.3) is 0 Å². The lowest BCUT2D eigenvalue weighted by atomic mass is 10.3. The van der Waals surface area contributed by atoms with Gasteiger partial charge in [0.15, 0.2) is 6.29 Å². The molecule has 0 aliphatic carbocycles. The van der Waals surface area contributed by atoms with Crippen molar-refractivity contribution < 1.29 is 9.59 Å². The van der Waals surface area contributed by atoms with Gasteiger partial charge in [0.05, 0.1) is 6.54 Å². The van der Waals surface area contributed by atoms with Gasteiger partial charge in [-0.05, 0) is 26.0 Å². The van der Waals surface area contributed by atoms with Crippen molar-refractivity contribution in [3.05, 3.63) is 23.9 Å². The molecular formula is C12H17N3O2. The van der Waals surface area contributed by atoms with Crippen LogP contribution in [0, 0.1) is 0 Å². The number of amides is 1. The highest BCUT2D eigenvalue weighted by Crippen LogP contribution is 2.09. The Morgan fingerprint density at radius 3 is 2.71 bits per heavy atom. The average molecular weight is 235 g/mol. The highest BCUT2D eigenvalue weighted by Gasteiger charge is 2.10. The number of hydrogen-bond donors (Lipinski definition) is 1. The first kappa shape index (κ1) is 13.2. The normalized spacial score (nSPS) is 9.76. The summed E-state index contributed by atoms with van der Waals surface area (Å²) in [6, 6.07) is 3.43. The van der Waals surface area contributed by atoms with E-state index in [-0.39, 0.29) is 12.5 Å². The van der Waals surface area contributed by atoms with Crippen molar-refractivity contribution in [2.75, 3.05) is 24.5 Å². The van der Waals surface area contributed by atoms with Gasteiger partial charge in [0.1, 0.15) is 5.82 Å². The van der Waals surface area contributed by atoms with Gasteiger partial charge in [-0.2, -0.15) is 0 Å². The smallest absolute Gasteiger partial charge is 0.239 e. The molecule has 0 saturated heterocycles. The molecule has 0 saturated carbocycles. The summed E-state index contributed by atoms with van der Waals surface area (Å²) in [6.07, 6.45) is 2.25. The topological polar surface area (TPSA) is 62.3 Å². The first-order valence-corrected chi connectivity index (χ1v) is 5.64. The van der Waals surface area contributed by atoms with Crippen molar-refractivity contribution in [1.82, 2.24) is 10.3 Å². The van der Waals surface area contributed by atoms with E-state index in [2.05, 4.69) is 10.3 Å². The molecule has 0 aliphatic rings. The van der Waals surface area contributed by atoms with Crippen LogP contribution in [0.5, 0.6) is 0 Å². The predicted molar refractivity (Wildman–Crippen MR) is 66.2 cm³/mol. The number of aldehydes is 1. The fraction of sp³-hybridized carbons (Fsp3) is 0.417. The third kappa shape index (κ3) is 3.86. The highest BCUT2D eigenvalue weighted by atomic mass is 16.2. The molecule has 5 nitrogen and oxygen atoms in total. The van der Waals surface area contributed by atoms with Crippen molar-refractivity contribution in [3.8, 4) is 0 Å². The van der Waals surface area contributed by atoms with Crippen LogP contribution in [-0.2, 0) is 4.79 Å². The van der Waals surface area contributed by atoms with E-state index in [1.54, 1.807) is 12.1 Å². The number of nitrogens with zero attached hydrogens (tertiary/aromatic N) is 2.